The van der Waals surface area contributed by atoms with Gasteiger partial charge in [0.2, 0.25) is 0 Å². The van der Waals surface area contributed by atoms with Crippen molar-refractivity contribution in [1.82, 2.24) is 5.32 Å². The highest BCUT2D eigenvalue weighted by Gasteiger charge is 2.16. The number of hydrogen-bond donors (Lipinski definition) is 1. The molecule has 1 atom stereocenters. The first-order valence-corrected chi connectivity index (χ1v) is 5.10. The van der Waals surface area contributed by atoms with Crippen molar-refractivity contribution in [2.45, 2.75) is 20.0 Å². The summed E-state index contributed by atoms with van der Waals surface area (Å²) in [5.41, 5.74) is 0.775. The monoisotopic (exact) mass is 221 g/mol. The number of alkyl carbamates (subject to hydrolysis) is 1. The van der Waals surface area contributed by atoms with Crippen LogP contribution in [0, 0.1) is 0 Å². The Balaban J connectivity index is 0.000000165. The normalized spacial score (nSPS) is 17.9. The molecular formula is C12H15NO3. The van der Waals surface area contributed by atoms with Gasteiger partial charge in [-0.05, 0) is 13.8 Å². The van der Waals surface area contributed by atoms with Gasteiger partial charge in [-0.15, -0.1) is 0 Å². The SMILES string of the molecule is CC(=O)c1ccccc1.C[C@@H]1CNC(=O)O1. The molecule has 2 rings (SSSR count). The molecule has 0 spiro atoms. The highest BCUT2D eigenvalue weighted by atomic mass is 16.6. The minimum absolute atomic E-state index is 0.0625. The van der Waals surface area contributed by atoms with Gasteiger partial charge in [-0.1, -0.05) is 30.3 Å². The van der Waals surface area contributed by atoms with Crippen LogP contribution in [0.5, 0.6) is 0 Å². The van der Waals surface area contributed by atoms with Crippen LogP contribution < -0.4 is 5.32 Å². The number of nitrogens with one attached hydrogen (secondary N) is 1. The minimum Gasteiger partial charge on any atom is -0.445 e. The summed E-state index contributed by atoms with van der Waals surface area (Å²) in [6, 6.07) is 9.23. The average Bonchev–Trinajstić information content (AvgIpc) is 2.65. The largest absolute Gasteiger partial charge is 0.445 e. The predicted molar refractivity (Wildman–Crippen MR) is 60.4 cm³/mol. The number of ketones is 1. The third-order valence-electron chi connectivity index (χ3n) is 2.02. The molecule has 1 aromatic rings. The first-order chi connectivity index (χ1) is 7.59. The summed E-state index contributed by atoms with van der Waals surface area (Å²) >= 11 is 0. The van der Waals surface area contributed by atoms with Crippen LogP contribution in [0.1, 0.15) is 24.2 Å². The molecule has 0 radical (unpaired) electrons. The Bertz CT molecular complexity index is 362. The number of carbonyl (C=O) groups excluding carboxylic acids is 2. The first-order valence-electron chi connectivity index (χ1n) is 5.10. The van der Waals surface area contributed by atoms with Crippen molar-refractivity contribution in [2.75, 3.05) is 6.54 Å². The average molecular weight is 221 g/mol. The second-order valence-corrected chi connectivity index (χ2v) is 3.52. The summed E-state index contributed by atoms with van der Waals surface area (Å²) < 4.78 is 4.61. The number of hydrogen-bond acceptors (Lipinski definition) is 3. The third kappa shape index (κ3) is 4.13. The fraction of sp³-hybridized carbons (Fsp3) is 0.333. The number of benzene rings is 1. The van der Waals surface area contributed by atoms with Crippen LogP contribution in [0.3, 0.4) is 0 Å². The second kappa shape index (κ2) is 5.90. The van der Waals surface area contributed by atoms with Crippen LogP contribution in [0.15, 0.2) is 30.3 Å². The van der Waals surface area contributed by atoms with Crippen LogP contribution in [-0.2, 0) is 4.74 Å². The molecule has 0 unspecified atom stereocenters. The van der Waals surface area contributed by atoms with Crippen molar-refractivity contribution in [3.05, 3.63) is 35.9 Å². The standard InChI is InChI=1S/C8H8O.C4H7NO2/c1-7(9)8-5-3-2-4-6-8;1-3-2-5-4(6)7-3/h2-6H,1H3;3H,2H2,1H3,(H,5,6)/t;3-/m.1/s1. The molecule has 1 saturated heterocycles. The molecule has 16 heavy (non-hydrogen) atoms. The molecule has 0 aromatic heterocycles. The lowest BCUT2D eigenvalue weighted by Crippen LogP contribution is -2.12. The topological polar surface area (TPSA) is 55.4 Å². The lowest BCUT2D eigenvalue weighted by Gasteiger charge is -1.92. The van der Waals surface area contributed by atoms with E-state index in [1.165, 1.54) is 0 Å². The highest BCUT2D eigenvalue weighted by molar-refractivity contribution is 5.93. The molecule has 1 aromatic carbocycles. The van der Waals surface area contributed by atoms with E-state index in [2.05, 4.69) is 10.1 Å². The van der Waals surface area contributed by atoms with E-state index in [0.29, 0.717) is 6.54 Å². The molecule has 1 aliphatic heterocycles. The molecule has 0 bridgehead atoms. The second-order valence-electron chi connectivity index (χ2n) is 3.52. The number of Topliss-reactive ketones (excluding diaryl/α,β-unsaturated/α-hetero) is 1. The zero-order valence-electron chi connectivity index (χ0n) is 9.40. The van der Waals surface area contributed by atoms with Crippen LogP contribution in [0.2, 0.25) is 0 Å². The van der Waals surface area contributed by atoms with Gasteiger partial charge in [0.25, 0.3) is 0 Å². The van der Waals surface area contributed by atoms with E-state index in [9.17, 15) is 9.59 Å². The van der Waals surface area contributed by atoms with Gasteiger partial charge in [0.05, 0.1) is 6.54 Å². The van der Waals surface area contributed by atoms with E-state index in [1.807, 2.05) is 37.3 Å². The third-order valence-corrected chi connectivity index (χ3v) is 2.02. The minimum atomic E-state index is -0.299. The summed E-state index contributed by atoms with van der Waals surface area (Å²) in [5, 5.41) is 2.51. The summed E-state index contributed by atoms with van der Waals surface area (Å²) in [6.07, 6.45) is -0.236. The Hall–Kier alpha value is -1.84. The number of rotatable bonds is 1. The van der Waals surface area contributed by atoms with E-state index >= 15 is 0 Å². The van der Waals surface area contributed by atoms with Crippen molar-refractivity contribution in [1.29, 1.82) is 0 Å². The molecule has 1 N–H and O–H groups in total. The van der Waals surface area contributed by atoms with Crippen molar-refractivity contribution in [3.8, 4) is 0 Å². The maximum absolute atomic E-state index is 10.6. The first kappa shape index (κ1) is 12.2. The van der Waals surface area contributed by atoms with E-state index in [-0.39, 0.29) is 18.0 Å². The Morgan fingerprint density at radius 3 is 2.25 bits per heavy atom. The fourth-order valence-electron chi connectivity index (χ4n) is 1.17. The smallest absolute Gasteiger partial charge is 0.407 e. The van der Waals surface area contributed by atoms with Gasteiger partial charge in [0, 0.05) is 5.56 Å². The zero-order chi connectivity index (χ0) is 12.0. The molecular weight excluding hydrogens is 206 g/mol. The van der Waals surface area contributed by atoms with Gasteiger partial charge >= 0.3 is 6.09 Å². The molecule has 86 valence electrons. The van der Waals surface area contributed by atoms with Gasteiger partial charge < -0.3 is 10.1 Å². The van der Waals surface area contributed by atoms with Crippen LogP contribution >= 0.6 is 0 Å². The van der Waals surface area contributed by atoms with Gasteiger partial charge in [0.1, 0.15) is 6.10 Å². The zero-order valence-corrected chi connectivity index (χ0v) is 9.40. The van der Waals surface area contributed by atoms with Crippen molar-refractivity contribution in [2.24, 2.45) is 0 Å². The van der Waals surface area contributed by atoms with Crippen molar-refractivity contribution in [3.63, 3.8) is 0 Å². The summed E-state index contributed by atoms with van der Waals surface area (Å²) in [7, 11) is 0. The van der Waals surface area contributed by atoms with Crippen LogP contribution in [0.4, 0.5) is 4.79 Å². The van der Waals surface area contributed by atoms with Crippen LogP contribution in [-0.4, -0.2) is 24.5 Å². The van der Waals surface area contributed by atoms with Gasteiger partial charge in [-0.2, -0.15) is 0 Å². The maximum atomic E-state index is 10.6. The van der Waals surface area contributed by atoms with E-state index < -0.39 is 0 Å². The summed E-state index contributed by atoms with van der Waals surface area (Å²) in [5.74, 6) is 0.121. The summed E-state index contributed by atoms with van der Waals surface area (Å²) in [6.45, 7) is 4.06. The Morgan fingerprint density at radius 1 is 1.38 bits per heavy atom. The number of carbonyl (C=O) groups is 2. The molecule has 1 fully saturated rings. The molecule has 0 saturated carbocycles. The van der Waals surface area contributed by atoms with Gasteiger partial charge in [-0.25, -0.2) is 4.79 Å². The van der Waals surface area contributed by atoms with Crippen LogP contribution in [0.25, 0.3) is 0 Å². The lowest BCUT2D eigenvalue weighted by atomic mass is 10.2. The molecule has 1 heterocycles. The van der Waals surface area contributed by atoms with E-state index in [0.717, 1.165) is 5.56 Å². The van der Waals surface area contributed by atoms with Crippen molar-refractivity contribution < 1.29 is 14.3 Å². The number of cyclic esters (lactones) is 1. The lowest BCUT2D eigenvalue weighted by molar-refractivity contribution is 0.101. The predicted octanol–water partition coefficient (Wildman–Crippen LogP) is 2.00. The molecule has 0 aliphatic carbocycles. The maximum Gasteiger partial charge on any atom is 0.407 e. The molecule has 1 aliphatic rings. The Labute approximate surface area is 94.6 Å². The molecule has 1 amide bonds. The van der Waals surface area contributed by atoms with E-state index in [1.54, 1.807) is 6.92 Å². The fourth-order valence-corrected chi connectivity index (χ4v) is 1.17. The van der Waals surface area contributed by atoms with E-state index in [4.69, 9.17) is 0 Å². The molecule has 4 nitrogen and oxygen atoms in total. The molecule has 4 heteroatoms. The van der Waals surface area contributed by atoms with Gasteiger partial charge in [-0.3, -0.25) is 4.79 Å². The van der Waals surface area contributed by atoms with Gasteiger partial charge in [0.15, 0.2) is 5.78 Å². The Morgan fingerprint density at radius 2 is 2.00 bits per heavy atom. The highest BCUT2D eigenvalue weighted by Crippen LogP contribution is 1.97. The van der Waals surface area contributed by atoms with Crippen molar-refractivity contribution >= 4 is 11.9 Å². The number of amides is 1. The summed E-state index contributed by atoms with van der Waals surface area (Å²) in [4.78, 5) is 20.8. The Kier molecular flexibility index (Phi) is 4.51. The number of ether oxygens (including phenoxy) is 1. The quantitative estimate of drug-likeness (QED) is 0.738.